The quantitative estimate of drug-likeness (QED) is 0.566. The molecule has 1 amide bonds. The molecule has 1 N–H and O–H groups in total. The molecule has 9 nitrogen and oxygen atoms in total. The number of piperazine rings is 1. The van der Waals surface area contributed by atoms with Crippen molar-refractivity contribution in [2.24, 2.45) is 7.05 Å². The van der Waals surface area contributed by atoms with Crippen LogP contribution in [0.3, 0.4) is 0 Å². The second-order valence-corrected chi connectivity index (χ2v) is 10.4. The Morgan fingerprint density at radius 3 is 2.58 bits per heavy atom. The fraction of sp³-hybridized carbons (Fsp3) is 0.391. The highest BCUT2D eigenvalue weighted by atomic mass is 32.2. The lowest BCUT2D eigenvalue weighted by Crippen LogP contribution is -2.48. The maximum atomic E-state index is 12.3. The highest BCUT2D eigenvalue weighted by Crippen LogP contribution is 2.21. The highest BCUT2D eigenvalue weighted by molar-refractivity contribution is 7.88. The van der Waals surface area contributed by atoms with Crippen LogP contribution in [0, 0.1) is 6.92 Å². The average molecular weight is 472 g/mol. The van der Waals surface area contributed by atoms with Crippen molar-refractivity contribution in [2.45, 2.75) is 13.5 Å². The van der Waals surface area contributed by atoms with Gasteiger partial charge >= 0.3 is 0 Å². The molecule has 0 aliphatic carbocycles. The summed E-state index contributed by atoms with van der Waals surface area (Å²) in [6, 6.07) is 13.2. The maximum absolute atomic E-state index is 12.3. The second kappa shape index (κ2) is 9.50. The van der Waals surface area contributed by atoms with E-state index in [0.29, 0.717) is 44.2 Å². The van der Waals surface area contributed by atoms with E-state index in [2.05, 4.69) is 10.2 Å². The molecule has 0 spiro atoms. The third-order valence-electron chi connectivity index (χ3n) is 5.78. The largest absolute Gasteiger partial charge is 0.484 e. The topological polar surface area (TPSA) is 96.8 Å². The van der Waals surface area contributed by atoms with Crippen molar-refractivity contribution in [3.63, 3.8) is 0 Å². The van der Waals surface area contributed by atoms with Gasteiger partial charge in [0.2, 0.25) is 10.0 Å². The summed E-state index contributed by atoms with van der Waals surface area (Å²) in [6.45, 7) is 4.84. The third-order valence-corrected chi connectivity index (χ3v) is 7.09. The molecule has 1 aliphatic rings. The van der Waals surface area contributed by atoms with Crippen LogP contribution in [-0.4, -0.2) is 72.1 Å². The molecule has 0 unspecified atom stereocenters. The van der Waals surface area contributed by atoms with E-state index in [9.17, 15) is 13.2 Å². The highest BCUT2D eigenvalue weighted by Gasteiger charge is 2.24. The normalized spacial score (nSPS) is 15.6. The molecular weight excluding hydrogens is 442 g/mol. The molecule has 1 aliphatic heterocycles. The van der Waals surface area contributed by atoms with E-state index in [1.165, 1.54) is 10.6 Å². The van der Waals surface area contributed by atoms with E-state index in [-0.39, 0.29) is 12.5 Å². The first-order valence-corrected chi connectivity index (χ1v) is 12.7. The molecule has 1 aromatic heterocycles. The van der Waals surface area contributed by atoms with Gasteiger partial charge in [0.25, 0.3) is 5.91 Å². The van der Waals surface area contributed by atoms with Crippen molar-refractivity contribution in [3.05, 3.63) is 53.9 Å². The summed E-state index contributed by atoms with van der Waals surface area (Å²) in [5.74, 6) is 1.31. The fourth-order valence-corrected chi connectivity index (χ4v) is 4.77. The van der Waals surface area contributed by atoms with E-state index in [1.807, 2.05) is 61.0 Å². The number of ether oxygens (including phenoxy) is 1. The zero-order chi connectivity index (χ0) is 23.6. The minimum atomic E-state index is -3.15. The van der Waals surface area contributed by atoms with Gasteiger partial charge in [-0.1, -0.05) is 12.1 Å². The van der Waals surface area contributed by atoms with Crippen molar-refractivity contribution in [3.8, 4) is 5.75 Å². The van der Waals surface area contributed by atoms with Gasteiger partial charge in [-0.25, -0.2) is 13.4 Å². The van der Waals surface area contributed by atoms with E-state index >= 15 is 0 Å². The maximum Gasteiger partial charge on any atom is 0.262 e. The van der Waals surface area contributed by atoms with Gasteiger partial charge in [0.1, 0.15) is 11.6 Å². The van der Waals surface area contributed by atoms with Crippen molar-refractivity contribution < 1.29 is 17.9 Å². The molecule has 0 atom stereocenters. The van der Waals surface area contributed by atoms with Crippen LogP contribution in [0.25, 0.3) is 11.0 Å². The Kier molecular flexibility index (Phi) is 6.68. The van der Waals surface area contributed by atoms with Gasteiger partial charge in [0, 0.05) is 38.9 Å². The molecule has 1 saturated heterocycles. The minimum Gasteiger partial charge on any atom is -0.484 e. The predicted octanol–water partition coefficient (Wildman–Crippen LogP) is 1.98. The Morgan fingerprint density at radius 2 is 1.88 bits per heavy atom. The number of aromatic nitrogens is 2. The number of benzene rings is 2. The average Bonchev–Trinajstić information content (AvgIpc) is 3.07. The lowest BCUT2D eigenvalue weighted by atomic mass is 10.2. The molecule has 0 bridgehead atoms. The molecule has 0 radical (unpaired) electrons. The summed E-state index contributed by atoms with van der Waals surface area (Å²) < 4.78 is 32.5. The number of carbonyl (C=O) groups excluding carboxylic acids is 1. The number of hydrogen-bond acceptors (Lipinski definition) is 6. The van der Waals surface area contributed by atoms with Gasteiger partial charge in [-0.05, 0) is 42.8 Å². The predicted molar refractivity (Wildman–Crippen MR) is 128 cm³/mol. The van der Waals surface area contributed by atoms with Crippen LogP contribution < -0.4 is 10.1 Å². The van der Waals surface area contributed by atoms with Gasteiger partial charge < -0.3 is 14.6 Å². The Bertz CT molecular complexity index is 1260. The van der Waals surface area contributed by atoms with Crippen LogP contribution in [0.4, 0.5) is 5.69 Å². The number of fused-ring (bicyclic) bond motifs is 1. The second-order valence-electron chi connectivity index (χ2n) is 8.38. The molecule has 176 valence electrons. The Labute approximate surface area is 194 Å². The number of anilines is 1. The summed E-state index contributed by atoms with van der Waals surface area (Å²) in [5, 5.41) is 2.86. The van der Waals surface area contributed by atoms with E-state index in [4.69, 9.17) is 9.72 Å². The zero-order valence-electron chi connectivity index (χ0n) is 19.1. The standard InChI is InChI=1S/C23H29N5O4S/c1-17-5-4-6-19(13-17)32-16-23(29)24-18-7-8-21-20(14-18)25-22(26(21)2)15-27-9-11-28(12-10-27)33(3,30)31/h4-8,13-14H,9-12,15-16H2,1-3H3,(H,24,29). The first-order chi connectivity index (χ1) is 15.7. The van der Waals surface area contributed by atoms with Crippen LogP contribution in [0.2, 0.25) is 0 Å². The van der Waals surface area contributed by atoms with Crippen molar-refractivity contribution >= 4 is 32.7 Å². The minimum absolute atomic E-state index is 0.0750. The number of hydrogen-bond donors (Lipinski definition) is 1. The fourth-order valence-electron chi connectivity index (χ4n) is 3.94. The number of aryl methyl sites for hydroxylation is 2. The summed E-state index contributed by atoms with van der Waals surface area (Å²) >= 11 is 0. The molecule has 0 saturated carbocycles. The van der Waals surface area contributed by atoms with Crippen LogP contribution in [-0.2, 0) is 28.4 Å². The molecule has 2 heterocycles. The van der Waals surface area contributed by atoms with Crippen molar-refractivity contribution in [1.29, 1.82) is 0 Å². The van der Waals surface area contributed by atoms with Crippen LogP contribution in [0.5, 0.6) is 5.75 Å². The molecule has 3 aromatic rings. The van der Waals surface area contributed by atoms with Gasteiger partial charge in [0.05, 0.1) is 23.8 Å². The SMILES string of the molecule is Cc1cccc(OCC(=O)Nc2ccc3c(c2)nc(CN2CCN(S(C)(=O)=O)CC2)n3C)c1. The van der Waals surface area contributed by atoms with Crippen LogP contribution >= 0.6 is 0 Å². The number of amides is 1. The van der Waals surface area contributed by atoms with E-state index < -0.39 is 10.0 Å². The van der Waals surface area contributed by atoms with Gasteiger partial charge in [-0.15, -0.1) is 0 Å². The number of imidazole rings is 1. The molecule has 4 rings (SSSR count). The lowest BCUT2D eigenvalue weighted by molar-refractivity contribution is -0.118. The lowest BCUT2D eigenvalue weighted by Gasteiger charge is -2.32. The third kappa shape index (κ3) is 5.70. The number of rotatable bonds is 7. The first kappa shape index (κ1) is 23.2. The molecule has 1 fully saturated rings. The van der Waals surface area contributed by atoms with Crippen LogP contribution in [0.15, 0.2) is 42.5 Å². The summed E-state index contributed by atoms with van der Waals surface area (Å²) in [4.78, 5) is 19.3. The number of nitrogens with zero attached hydrogens (tertiary/aromatic N) is 4. The van der Waals surface area contributed by atoms with Gasteiger partial charge in [0.15, 0.2) is 6.61 Å². The smallest absolute Gasteiger partial charge is 0.262 e. The van der Waals surface area contributed by atoms with Crippen molar-refractivity contribution in [2.75, 3.05) is 44.4 Å². The summed E-state index contributed by atoms with van der Waals surface area (Å²) in [6.07, 6.45) is 1.25. The molecular formula is C23H29N5O4S. The number of nitrogens with one attached hydrogen (secondary N) is 1. The number of sulfonamides is 1. The molecule has 33 heavy (non-hydrogen) atoms. The monoisotopic (exact) mass is 471 g/mol. The number of carbonyl (C=O) groups is 1. The van der Waals surface area contributed by atoms with Crippen LogP contribution in [0.1, 0.15) is 11.4 Å². The van der Waals surface area contributed by atoms with Gasteiger partial charge in [-0.2, -0.15) is 4.31 Å². The Morgan fingerprint density at radius 1 is 1.12 bits per heavy atom. The summed E-state index contributed by atoms with van der Waals surface area (Å²) in [5.41, 5.74) is 3.49. The first-order valence-electron chi connectivity index (χ1n) is 10.8. The molecule has 2 aromatic carbocycles. The Hall–Kier alpha value is -2.95. The van der Waals surface area contributed by atoms with Gasteiger partial charge in [-0.3, -0.25) is 9.69 Å². The Balaban J connectivity index is 1.38. The van der Waals surface area contributed by atoms with Crippen molar-refractivity contribution in [1.82, 2.24) is 18.8 Å². The zero-order valence-corrected chi connectivity index (χ0v) is 19.9. The van der Waals surface area contributed by atoms with E-state index in [1.54, 1.807) is 0 Å². The summed E-state index contributed by atoms with van der Waals surface area (Å²) in [7, 11) is -1.18. The molecule has 10 heteroatoms. The van der Waals surface area contributed by atoms with E-state index in [0.717, 1.165) is 22.4 Å².